The van der Waals surface area contributed by atoms with Gasteiger partial charge in [0.05, 0.1) is 38.4 Å². The summed E-state index contributed by atoms with van der Waals surface area (Å²) in [5.41, 5.74) is 2.12. The maximum atomic E-state index is 11.8. The molecule has 2 unspecified atom stereocenters. The van der Waals surface area contributed by atoms with E-state index in [1.54, 1.807) is 7.11 Å². The SMILES string of the molecule is CCOC(=O)CCN1N=C2CC(C)(C)OCC2C1c1ccc(OC)cc1. The van der Waals surface area contributed by atoms with Crippen molar-refractivity contribution < 1.29 is 19.0 Å². The molecule has 0 radical (unpaired) electrons. The largest absolute Gasteiger partial charge is 0.497 e. The lowest BCUT2D eigenvalue weighted by atomic mass is 9.83. The Kier molecular flexibility index (Phi) is 5.51. The van der Waals surface area contributed by atoms with Crippen LogP contribution in [-0.2, 0) is 14.3 Å². The smallest absolute Gasteiger partial charge is 0.307 e. The molecule has 2 heterocycles. The van der Waals surface area contributed by atoms with Crippen molar-refractivity contribution in [3.63, 3.8) is 0 Å². The van der Waals surface area contributed by atoms with Crippen LogP contribution in [0.4, 0.5) is 0 Å². The Morgan fingerprint density at radius 2 is 2.08 bits per heavy atom. The number of carbonyl (C=O) groups excluding carboxylic acids is 1. The molecule has 2 aliphatic rings. The van der Waals surface area contributed by atoms with E-state index in [1.807, 2.05) is 24.1 Å². The fraction of sp³-hybridized carbons (Fsp3) is 0.600. The van der Waals surface area contributed by atoms with Crippen LogP contribution in [0.1, 0.15) is 45.2 Å². The molecule has 1 aromatic rings. The predicted molar refractivity (Wildman–Crippen MR) is 99.3 cm³/mol. The number of hydrogen-bond donors (Lipinski definition) is 0. The van der Waals surface area contributed by atoms with Gasteiger partial charge in [-0.25, -0.2) is 0 Å². The second-order valence-electron chi connectivity index (χ2n) is 7.38. The topological polar surface area (TPSA) is 60.4 Å². The van der Waals surface area contributed by atoms with Gasteiger partial charge in [0.15, 0.2) is 0 Å². The Balaban J connectivity index is 1.82. The van der Waals surface area contributed by atoms with E-state index in [1.165, 1.54) is 0 Å². The van der Waals surface area contributed by atoms with Crippen molar-refractivity contribution in [1.82, 2.24) is 5.01 Å². The number of methoxy groups -OCH3 is 1. The van der Waals surface area contributed by atoms with Crippen molar-refractivity contribution in [3.8, 4) is 5.75 Å². The third-order valence-electron chi connectivity index (χ3n) is 4.96. The van der Waals surface area contributed by atoms with Crippen molar-refractivity contribution in [2.75, 3.05) is 26.9 Å². The zero-order valence-electron chi connectivity index (χ0n) is 16.0. The number of ether oxygens (including phenoxy) is 3. The molecule has 2 aliphatic heterocycles. The lowest BCUT2D eigenvalue weighted by Gasteiger charge is -2.36. The molecule has 6 heteroatoms. The lowest BCUT2D eigenvalue weighted by molar-refractivity contribution is -0.143. The highest BCUT2D eigenvalue weighted by molar-refractivity contribution is 5.90. The van der Waals surface area contributed by atoms with E-state index < -0.39 is 0 Å². The standard InChI is InChI=1S/C20H28N2O4/c1-5-25-18(23)10-11-22-19(14-6-8-15(24-4)9-7-14)16-13-26-20(2,3)12-17(16)21-22/h6-9,16,19H,5,10-13H2,1-4H3. The first-order chi connectivity index (χ1) is 12.4. The van der Waals surface area contributed by atoms with E-state index in [9.17, 15) is 4.79 Å². The molecule has 3 rings (SSSR count). The molecule has 2 atom stereocenters. The quantitative estimate of drug-likeness (QED) is 0.729. The number of hydrogen-bond acceptors (Lipinski definition) is 6. The highest BCUT2D eigenvalue weighted by Gasteiger charge is 2.44. The molecule has 0 aliphatic carbocycles. The Labute approximate surface area is 155 Å². The summed E-state index contributed by atoms with van der Waals surface area (Å²) in [5, 5.41) is 6.90. The van der Waals surface area contributed by atoms with Crippen molar-refractivity contribution >= 4 is 11.7 Å². The number of benzene rings is 1. The van der Waals surface area contributed by atoms with Crippen LogP contribution in [0.25, 0.3) is 0 Å². The first-order valence-corrected chi connectivity index (χ1v) is 9.21. The molecule has 0 saturated carbocycles. The van der Waals surface area contributed by atoms with E-state index in [-0.39, 0.29) is 23.5 Å². The Hall–Kier alpha value is -2.08. The van der Waals surface area contributed by atoms with Gasteiger partial charge in [-0.3, -0.25) is 9.80 Å². The summed E-state index contributed by atoms with van der Waals surface area (Å²) in [6.07, 6.45) is 1.13. The molecule has 6 nitrogen and oxygen atoms in total. The van der Waals surface area contributed by atoms with Gasteiger partial charge in [-0.15, -0.1) is 0 Å². The average molecular weight is 360 g/mol. The highest BCUT2D eigenvalue weighted by atomic mass is 16.5. The van der Waals surface area contributed by atoms with Crippen LogP contribution in [0.15, 0.2) is 29.4 Å². The molecule has 26 heavy (non-hydrogen) atoms. The number of hydrazone groups is 1. The summed E-state index contributed by atoms with van der Waals surface area (Å²) in [7, 11) is 1.66. The minimum absolute atomic E-state index is 0.0708. The molecule has 0 amide bonds. The maximum Gasteiger partial charge on any atom is 0.307 e. The first-order valence-electron chi connectivity index (χ1n) is 9.21. The average Bonchev–Trinajstić information content (AvgIpc) is 2.96. The molecular weight excluding hydrogens is 332 g/mol. The van der Waals surface area contributed by atoms with Crippen LogP contribution < -0.4 is 4.74 Å². The van der Waals surface area contributed by atoms with Crippen LogP contribution in [0, 0.1) is 5.92 Å². The molecule has 1 aromatic carbocycles. The van der Waals surface area contributed by atoms with Gasteiger partial charge in [-0.2, -0.15) is 5.10 Å². The van der Waals surface area contributed by atoms with Crippen LogP contribution in [0.5, 0.6) is 5.75 Å². The summed E-state index contributed by atoms with van der Waals surface area (Å²) in [4.78, 5) is 11.8. The molecule has 0 N–H and O–H groups in total. The van der Waals surface area contributed by atoms with Gasteiger partial charge in [0.25, 0.3) is 0 Å². The third-order valence-corrected chi connectivity index (χ3v) is 4.96. The Morgan fingerprint density at radius 1 is 1.35 bits per heavy atom. The number of carbonyl (C=O) groups is 1. The van der Waals surface area contributed by atoms with E-state index >= 15 is 0 Å². The summed E-state index contributed by atoms with van der Waals surface area (Å²) in [6, 6.07) is 8.13. The predicted octanol–water partition coefficient (Wildman–Crippen LogP) is 3.18. The van der Waals surface area contributed by atoms with E-state index in [0.717, 1.165) is 23.4 Å². The number of nitrogens with zero attached hydrogens (tertiary/aromatic N) is 2. The van der Waals surface area contributed by atoms with Gasteiger partial charge in [-0.05, 0) is 38.5 Å². The van der Waals surface area contributed by atoms with Gasteiger partial charge in [-0.1, -0.05) is 12.1 Å². The Morgan fingerprint density at radius 3 is 2.73 bits per heavy atom. The number of rotatable bonds is 6. The molecule has 142 valence electrons. The molecule has 0 spiro atoms. The zero-order valence-corrected chi connectivity index (χ0v) is 16.0. The van der Waals surface area contributed by atoms with E-state index in [4.69, 9.17) is 19.3 Å². The molecule has 0 bridgehead atoms. The van der Waals surface area contributed by atoms with Crippen molar-refractivity contribution in [2.45, 2.75) is 45.3 Å². The minimum Gasteiger partial charge on any atom is -0.497 e. The fourth-order valence-corrected chi connectivity index (χ4v) is 3.68. The van der Waals surface area contributed by atoms with Gasteiger partial charge in [0.2, 0.25) is 0 Å². The number of fused-ring (bicyclic) bond motifs is 1. The second-order valence-corrected chi connectivity index (χ2v) is 7.38. The van der Waals surface area contributed by atoms with Crippen LogP contribution in [0.3, 0.4) is 0 Å². The van der Waals surface area contributed by atoms with Gasteiger partial charge >= 0.3 is 5.97 Å². The van der Waals surface area contributed by atoms with E-state index in [2.05, 4.69) is 26.0 Å². The number of esters is 1. The maximum absolute atomic E-state index is 11.8. The normalized spacial score (nSPS) is 24.0. The molecule has 0 aromatic heterocycles. The zero-order chi connectivity index (χ0) is 18.7. The van der Waals surface area contributed by atoms with Crippen molar-refractivity contribution in [3.05, 3.63) is 29.8 Å². The van der Waals surface area contributed by atoms with Crippen molar-refractivity contribution in [2.24, 2.45) is 11.0 Å². The summed E-state index contributed by atoms with van der Waals surface area (Å²) >= 11 is 0. The van der Waals surface area contributed by atoms with Crippen LogP contribution in [-0.4, -0.2) is 49.2 Å². The Bertz CT molecular complexity index is 669. The lowest BCUT2D eigenvalue weighted by Crippen LogP contribution is -2.41. The van der Waals surface area contributed by atoms with Crippen LogP contribution >= 0.6 is 0 Å². The minimum atomic E-state index is -0.197. The van der Waals surface area contributed by atoms with Crippen molar-refractivity contribution in [1.29, 1.82) is 0 Å². The fourth-order valence-electron chi connectivity index (χ4n) is 3.68. The first kappa shape index (κ1) is 18.7. The van der Waals surface area contributed by atoms with Gasteiger partial charge in [0.1, 0.15) is 5.75 Å². The summed E-state index contributed by atoms with van der Waals surface area (Å²) in [5.74, 6) is 0.846. The van der Waals surface area contributed by atoms with Gasteiger partial charge < -0.3 is 14.2 Å². The summed E-state index contributed by atoms with van der Waals surface area (Å²) in [6.45, 7) is 7.58. The summed E-state index contributed by atoms with van der Waals surface area (Å²) < 4.78 is 16.4. The second kappa shape index (κ2) is 7.66. The third kappa shape index (κ3) is 4.01. The van der Waals surface area contributed by atoms with Gasteiger partial charge in [0, 0.05) is 24.6 Å². The molecule has 1 saturated heterocycles. The van der Waals surface area contributed by atoms with E-state index in [0.29, 0.717) is 26.2 Å². The molecular formula is C20H28N2O4. The van der Waals surface area contributed by atoms with Crippen LogP contribution in [0.2, 0.25) is 0 Å². The monoisotopic (exact) mass is 360 g/mol. The molecule has 1 fully saturated rings. The highest BCUT2D eigenvalue weighted by Crippen LogP contribution is 2.42.